The number of carbonyl (C=O) groups excluding carboxylic acids is 1. The molecule has 0 saturated carbocycles. The van der Waals surface area contributed by atoms with E-state index in [9.17, 15) is 9.59 Å². The van der Waals surface area contributed by atoms with Crippen molar-refractivity contribution in [2.45, 2.75) is 12.5 Å². The summed E-state index contributed by atoms with van der Waals surface area (Å²) in [5, 5.41) is 10.5. The summed E-state index contributed by atoms with van der Waals surface area (Å²) in [5.74, 6) is -2.44. The number of hydrogen-bond acceptors (Lipinski definition) is 3. The largest absolute Gasteiger partial charge is 0.474 e. The topological polar surface area (TPSA) is 75.6 Å². The van der Waals surface area contributed by atoms with E-state index in [4.69, 9.17) is 9.84 Å². The molecule has 0 unspecified atom stereocenters. The molecule has 1 amide bonds. The van der Waals surface area contributed by atoms with Gasteiger partial charge in [-0.3, -0.25) is 4.79 Å². The van der Waals surface area contributed by atoms with E-state index in [0.717, 1.165) is 0 Å². The van der Waals surface area contributed by atoms with Crippen LogP contribution in [0.15, 0.2) is 0 Å². The molecule has 0 aromatic rings. The molecule has 1 fully saturated rings. The molecule has 1 saturated heterocycles. The van der Waals surface area contributed by atoms with Gasteiger partial charge in [0, 0.05) is 0 Å². The van der Waals surface area contributed by atoms with Crippen LogP contribution in [0.1, 0.15) is 6.92 Å². The maximum absolute atomic E-state index is 10.6. The molecule has 11 heavy (non-hydrogen) atoms. The van der Waals surface area contributed by atoms with Crippen LogP contribution in [0.25, 0.3) is 0 Å². The number of carbonyl (C=O) groups is 2. The normalized spacial score (nSPS) is 20.1. The summed E-state index contributed by atoms with van der Waals surface area (Å²) in [6.07, 6.45) is 0. The summed E-state index contributed by atoms with van der Waals surface area (Å²) < 4.78 is 4.81. The number of carboxylic acids is 1. The summed E-state index contributed by atoms with van der Waals surface area (Å²) in [6, 6.07) is 0. The van der Waals surface area contributed by atoms with Gasteiger partial charge in [0.1, 0.15) is 0 Å². The van der Waals surface area contributed by atoms with Crippen molar-refractivity contribution in [2.24, 2.45) is 0 Å². The first kappa shape index (κ1) is 8.00. The average molecular weight is 159 g/mol. The van der Waals surface area contributed by atoms with Crippen molar-refractivity contribution in [1.29, 1.82) is 0 Å². The second-order valence-corrected chi connectivity index (χ2v) is 2.81. The standard InChI is InChI=1S/C6H9NO4/c1-6(2-11-3-6)7-4(8)5(9)10/h2-3H2,1H3,(H,7,8)(H,9,10). The van der Waals surface area contributed by atoms with Crippen LogP contribution in [-0.2, 0) is 14.3 Å². The maximum Gasteiger partial charge on any atom is 0.394 e. The van der Waals surface area contributed by atoms with Gasteiger partial charge >= 0.3 is 11.9 Å². The van der Waals surface area contributed by atoms with Crippen LogP contribution in [0.3, 0.4) is 0 Å². The zero-order chi connectivity index (χ0) is 8.48. The lowest BCUT2D eigenvalue weighted by molar-refractivity contribution is -0.154. The van der Waals surface area contributed by atoms with Crippen molar-refractivity contribution in [3.63, 3.8) is 0 Å². The predicted octanol–water partition coefficient (Wildman–Crippen LogP) is -1.02. The summed E-state index contributed by atoms with van der Waals surface area (Å²) in [6.45, 7) is 2.50. The number of amides is 1. The molecular weight excluding hydrogens is 150 g/mol. The monoisotopic (exact) mass is 159 g/mol. The van der Waals surface area contributed by atoms with Gasteiger partial charge in [-0.15, -0.1) is 0 Å². The van der Waals surface area contributed by atoms with Gasteiger partial charge < -0.3 is 15.2 Å². The third-order valence-corrected chi connectivity index (χ3v) is 1.45. The predicted molar refractivity (Wildman–Crippen MR) is 35.0 cm³/mol. The van der Waals surface area contributed by atoms with Gasteiger partial charge in [-0.1, -0.05) is 0 Å². The van der Waals surface area contributed by atoms with Crippen LogP contribution >= 0.6 is 0 Å². The van der Waals surface area contributed by atoms with Gasteiger partial charge in [-0.25, -0.2) is 4.79 Å². The van der Waals surface area contributed by atoms with E-state index in [1.54, 1.807) is 6.92 Å². The molecule has 2 N–H and O–H groups in total. The van der Waals surface area contributed by atoms with Gasteiger partial charge in [-0.05, 0) is 6.92 Å². The quantitative estimate of drug-likeness (QED) is 0.480. The van der Waals surface area contributed by atoms with Crippen LogP contribution in [0.2, 0.25) is 0 Å². The zero-order valence-corrected chi connectivity index (χ0v) is 6.09. The van der Waals surface area contributed by atoms with Crippen LogP contribution in [0.4, 0.5) is 0 Å². The van der Waals surface area contributed by atoms with Crippen molar-refractivity contribution in [1.82, 2.24) is 5.32 Å². The Morgan fingerprint density at radius 3 is 2.36 bits per heavy atom. The molecule has 1 aliphatic heterocycles. The minimum absolute atomic E-state index is 0.381. The molecule has 0 bridgehead atoms. The van der Waals surface area contributed by atoms with E-state index in [1.165, 1.54) is 0 Å². The molecule has 1 heterocycles. The fourth-order valence-electron chi connectivity index (χ4n) is 0.808. The second-order valence-electron chi connectivity index (χ2n) is 2.81. The lowest BCUT2D eigenvalue weighted by Crippen LogP contribution is -2.61. The first-order valence-electron chi connectivity index (χ1n) is 3.17. The fourth-order valence-corrected chi connectivity index (χ4v) is 0.808. The minimum atomic E-state index is -1.46. The Labute approximate surface area is 63.3 Å². The lowest BCUT2D eigenvalue weighted by Gasteiger charge is -2.38. The van der Waals surface area contributed by atoms with Gasteiger partial charge in [0.2, 0.25) is 0 Å². The highest BCUT2D eigenvalue weighted by Crippen LogP contribution is 2.14. The molecule has 0 aliphatic carbocycles. The highest BCUT2D eigenvalue weighted by molar-refractivity contribution is 6.31. The average Bonchev–Trinajstić information content (AvgIpc) is 1.84. The highest BCUT2D eigenvalue weighted by atomic mass is 16.5. The lowest BCUT2D eigenvalue weighted by atomic mass is 10.0. The molecular formula is C6H9NO4. The van der Waals surface area contributed by atoms with Crippen molar-refractivity contribution < 1.29 is 19.4 Å². The van der Waals surface area contributed by atoms with E-state index in [1.807, 2.05) is 0 Å². The number of carboxylic acid groups (broad SMARTS) is 1. The molecule has 0 radical (unpaired) electrons. The van der Waals surface area contributed by atoms with Crippen LogP contribution in [-0.4, -0.2) is 35.7 Å². The van der Waals surface area contributed by atoms with Crippen molar-refractivity contribution in [2.75, 3.05) is 13.2 Å². The molecule has 62 valence electrons. The van der Waals surface area contributed by atoms with Crippen LogP contribution in [0.5, 0.6) is 0 Å². The van der Waals surface area contributed by atoms with Gasteiger partial charge in [-0.2, -0.15) is 0 Å². The molecule has 0 spiro atoms. The second kappa shape index (κ2) is 2.50. The zero-order valence-electron chi connectivity index (χ0n) is 6.09. The first-order valence-corrected chi connectivity index (χ1v) is 3.17. The van der Waals surface area contributed by atoms with Crippen molar-refractivity contribution >= 4 is 11.9 Å². The number of aliphatic carboxylic acids is 1. The van der Waals surface area contributed by atoms with Crippen LogP contribution < -0.4 is 5.32 Å². The molecule has 5 heteroatoms. The van der Waals surface area contributed by atoms with Gasteiger partial charge in [0.25, 0.3) is 0 Å². The fraction of sp³-hybridized carbons (Fsp3) is 0.667. The summed E-state index contributed by atoms with van der Waals surface area (Å²) in [7, 11) is 0. The van der Waals surface area contributed by atoms with Crippen molar-refractivity contribution in [3.05, 3.63) is 0 Å². The third-order valence-electron chi connectivity index (χ3n) is 1.45. The van der Waals surface area contributed by atoms with Crippen molar-refractivity contribution in [3.8, 4) is 0 Å². The molecule has 0 aromatic carbocycles. The minimum Gasteiger partial charge on any atom is -0.474 e. The Morgan fingerprint density at radius 2 is 2.09 bits per heavy atom. The maximum atomic E-state index is 10.6. The Balaban J connectivity index is 2.41. The Kier molecular flexibility index (Phi) is 1.82. The highest BCUT2D eigenvalue weighted by Gasteiger charge is 2.36. The van der Waals surface area contributed by atoms with E-state index in [0.29, 0.717) is 13.2 Å². The van der Waals surface area contributed by atoms with E-state index >= 15 is 0 Å². The molecule has 1 rings (SSSR count). The van der Waals surface area contributed by atoms with Gasteiger partial charge in [0.15, 0.2) is 0 Å². The van der Waals surface area contributed by atoms with Gasteiger partial charge in [0.05, 0.1) is 18.8 Å². The summed E-state index contributed by atoms with van der Waals surface area (Å²) in [4.78, 5) is 20.6. The summed E-state index contributed by atoms with van der Waals surface area (Å²) >= 11 is 0. The Bertz CT molecular complexity index is 197. The summed E-state index contributed by atoms with van der Waals surface area (Å²) in [5.41, 5.74) is -0.477. The number of rotatable bonds is 1. The van der Waals surface area contributed by atoms with E-state index in [-0.39, 0.29) is 0 Å². The smallest absolute Gasteiger partial charge is 0.394 e. The molecule has 0 aromatic heterocycles. The van der Waals surface area contributed by atoms with Crippen LogP contribution in [0, 0.1) is 0 Å². The molecule has 5 nitrogen and oxygen atoms in total. The Hall–Kier alpha value is -1.10. The Morgan fingerprint density at radius 1 is 1.55 bits per heavy atom. The first-order chi connectivity index (χ1) is 5.03. The SMILES string of the molecule is CC1(NC(=O)C(=O)O)COC1. The number of hydrogen-bond donors (Lipinski definition) is 2. The number of ether oxygens (including phenoxy) is 1. The number of nitrogens with one attached hydrogen (secondary N) is 1. The third kappa shape index (κ3) is 1.68. The van der Waals surface area contributed by atoms with E-state index in [2.05, 4.69) is 5.32 Å². The van der Waals surface area contributed by atoms with E-state index < -0.39 is 17.4 Å². The molecule has 0 atom stereocenters. The molecule has 1 aliphatic rings.